The van der Waals surface area contributed by atoms with Crippen molar-refractivity contribution in [2.75, 3.05) is 18.4 Å². The number of anilines is 1. The van der Waals surface area contributed by atoms with Crippen LogP contribution in [0, 0.1) is 5.82 Å². The molecule has 0 aliphatic rings. The number of carbonyl (C=O) groups is 1. The van der Waals surface area contributed by atoms with E-state index in [0.29, 0.717) is 0 Å². The number of amides is 1. The summed E-state index contributed by atoms with van der Waals surface area (Å²) in [6.45, 7) is 0.0809. The molecule has 27 heavy (non-hydrogen) atoms. The lowest BCUT2D eigenvalue weighted by Gasteiger charge is -2.14. The zero-order valence-electron chi connectivity index (χ0n) is 13.9. The number of hydrogen-bond donors (Lipinski definition) is 3. The van der Waals surface area contributed by atoms with Crippen molar-refractivity contribution in [1.29, 1.82) is 0 Å². The lowest BCUT2D eigenvalue weighted by atomic mass is 10.2. The van der Waals surface area contributed by atoms with E-state index >= 15 is 0 Å². The minimum atomic E-state index is -4.85. The van der Waals surface area contributed by atoms with E-state index < -0.39 is 23.8 Å². The van der Waals surface area contributed by atoms with Gasteiger partial charge in [-0.15, -0.1) is 13.2 Å². The molecule has 2 rings (SSSR count). The number of para-hydroxylation sites is 2. The van der Waals surface area contributed by atoms with Crippen molar-refractivity contribution in [2.24, 2.45) is 10.7 Å². The van der Waals surface area contributed by atoms with Gasteiger partial charge in [0.2, 0.25) is 0 Å². The molecule has 0 bridgehead atoms. The third kappa shape index (κ3) is 6.49. The van der Waals surface area contributed by atoms with Crippen LogP contribution >= 0.6 is 0 Å². The summed E-state index contributed by atoms with van der Waals surface area (Å²) in [5, 5.41) is 4.95. The van der Waals surface area contributed by atoms with Crippen LogP contribution in [0.1, 0.15) is 10.4 Å². The van der Waals surface area contributed by atoms with Gasteiger partial charge in [0.25, 0.3) is 5.91 Å². The Morgan fingerprint density at radius 2 is 1.78 bits per heavy atom. The molecule has 4 N–H and O–H groups in total. The van der Waals surface area contributed by atoms with Crippen molar-refractivity contribution in [3.05, 3.63) is 59.9 Å². The summed E-state index contributed by atoms with van der Waals surface area (Å²) < 4.78 is 54.5. The molecule has 1 amide bonds. The molecular formula is C17H16F4N4O2. The second kappa shape index (κ2) is 8.88. The number of guanidine groups is 1. The van der Waals surface area contributed by atoms with Crippen LogP contribution in [0.5, 0.6) is 5.75 Å². The van der Waals surface area contributed by atoms with Gasteiger partial charge in [-0.2, -0.15) is 0 Å². The molecule has 0 aliphatic carbocycles. The van der Waals surface area contributed by atoms with Gasteiger partial charge in [-0.25, -0.2) is 4.39 Å². The molecule has 0 atom stereocenters. The van der Waals surface area contributed by atoms with Crippen molar-refractivity contribution < 1.29 is 27.1 Å². The number of rotatable bonds is 6. The van der Waals surface area contributed by atoms with Crippen LogP contribution in [0.2, 0.25) is 0 Å². The summed E-state index contributed by atoms with van der Waals surface area (Å²) in [6, 6.07) is 10.8. The highest BCUT2D eigenvalue weighted by Gasteiger charge is 2.32. The van der Waals surface area contributed by atoms with Gasteiger partial charge in [-0.05, 0) is 24.3 Å². The van der Waals surface area contributed by atoms with E-state index in [9.17, 15) is 22.4 Å². The molecule has 0 heterocycles. The Morgan fingerprint density at radius 3 is 2.48 bits per heavy atom. The number of nitrogens with zero attached hydrogens (tertiary/aromatic N) is 1. The van der Waals surface area contributed by atoms with Gasteiger partial charge >= 0.3 is 6.36 Å². The number of halogens is 4. The fourth-order valence-electron chi connectivity index (χ4n) is 2.05. The van der Waals surface area contributed by atoms with E-state index in [1.54, 1.807) is 0 Å². The monoisotopic (exact) mass is 384 g/mol. The van der Waals surface area contributed by atoms with E-state index in [0.717, 1.165) is 12.1 Å². The maximum Gasteiger partial charge on any atom is 0.573 e. The van der Waals surface area contributed by atoms with Crippen molar-refractivity contribution >= 4 is 17.6 Å². The summed E-state index contributed by atoms with van der Waals surface area (Å²) >= 11 is 0. The Balaban J connectivity index is 1.88. The van der Waals surface area contributed by atoms with Crippen molar-refractivity contribution in [1.82, 2.24) is 5.32 Å². The predicted octanol–water partition coefficient (Wildman–Crippen LogP) is 2.88. The van der Waals surface area contributed by atoms with Gasteiger partial charge < -0.3 is 21.1 Å². The Morgan fingerprint density at radius 1 is 1.11 bits per heavy atom. The average Bonchev–Trinajstić information content (AvgIpc) is 2.59. The number of ether oxygens (including phenoxy) is 1. The number of benzene rings is 2. The van der Waals surface area contributed by atoms with Crippen LogP contribution in [-0.2, 0) is 0 Å². The highest BCUT2D eigenvalue weighted by molar-refractivity contribution is 5.95. The number of nitrogens with one attached hydrogen (secondary N) is 2. The van der Waals surface area contributed by atoms with E-state index in [1.807, 2.05) is 0 Å². The van der Waals surface area contributed by atoms with Crippen molar-refractivity contribution in [3.63, 3.8) is 0 Å². The predicted molar refractivity (Wildman–Crippen MR) is 92.0 cm³/mol. The number of alkyl halides is 3. The molecule has 0 radical (unpaired) electrons. The number of carbonyl (C=O) groups excluding carboxylic acids is 1. The summed E-state index contributed by atoms with van der Waals surface area (Å²) in [4.78, 5) is 15.7. The number of nitrogens with two attached hydrogens (primary N) is 1. The quantitative estimate of drug-likeness (QED) is 0.309. The number of hydrogen-bond acceptors (Lipinski definition) is 3. The van der Waals surface area contributed by atoms with E-state index in [4.69, 9.17) is 5.73 Å². The SMILES string of the molecule is NC(=NCCNC(=O)c1ccccc1F)Nc1ccccc1OC(F)(F)F. The maximum absolute atomic E-state index is 13.5. The molecule has 0 fully saturated rings. The first-order valence-electron chi connectivity index (χ1n) is 7.71. The van der Waals surface area contributed by atoms with Crippen LogP contribution in [0.3, 0.4) is 0 Å². The zero-order valence-corrected chi connectivity index (χ0v) is 13.9. The lowest BCUT2D eigenvalue weighted by Crippen LogP contribution is -2.29. The second-order valence-corrected chi connectivity index (χ2v) is 5.17. The second-order valence-electron chi connectivity index (χ2n) is 5.17. The molecule has 6 nitrogen and oxygen atoms in total. The minimum Gasteiger partial charge on any atom is -0.404 e. The Bertz CT molecular complexity index is 825. The van der Waals surface area contributed by atoms with Crippen LogP contribution in [0.4, 0.5) is 23.2 Å². The fraction of sp³-hybridized carbons (Fsp3) is 0.176. The molecular weight excluding hydrogens is 368 g/mol. The molecule has 0 unspecified atom stereocenters. The van der Waals surface area contributed by atoms with Gasteiger partial charge in [-0.3, -0.25) is 9.79 Å². The van der Waals surface area contributed by atoms with E-state index in [2.05, 4.69) is 20.4 Å². The standard InChI is InChI=1S/C17H16F4N4O2/c18-12-6-2-1-5-11(12)15(26)23-9-10-24-16(22)25-13-7-3-4-8-14(13)27-17(19,20)21/h1-8H,9-10H2,(H,23,26)(H3,22,24,25). The minimum absolute atomic E-state index is 0.0218. The molecule has 2 aromatic rings. The first kappa shape index (κ1) is 20.0. The maximum atomic E-state index is 13.5. The molecule has 0 aliphatic heterocycles. The van der Waals surface area contributed by atoms with Crippen LogP contribution in [0.15, 0.2) is 53.5 Å². The highest BCUT2D eigenvalue weighted by Crippen LogP contribution is 2.29. The van der Waals surface area contributed by atoms with Gasteiger partial charge in [0.1, 0.15) is 5.82 Å². The summed E-state index contributed by atoms with van der Waals surface area (Å²) in [7, 11) is 0. The third-order valence-corrected chi connectivity index (χ3v) is 3.17. The van der Waals surface area contributed by atoms with E-state index in [1.165, 1.54) is 36.4 Å². The van der Waals surface area contributed by atoms with Crippen LogP contribution < -0.4 is 21.1 Å². The highest BCUT2D eigenvalue weighted by atomic mass is 19.4. The largest absolute Gasteiger partial charge is 0.573 e. The smallest absolute Gasteiger partial charge is 0.404 e. The first-order chi connectivity index (χ1) is 12.8. The Hall–Kier alpha value is -3.30. The van der Waals surface area contributed by atoms with Crippen LogP contribution in [-0.4, -0.2) is 31.3 Å². The average molecular weight is 384 g/mol. The Kier molecular flexibility index (Phi) is 6.58. The van der Waals surface area contributed by atoms with Gasteiger partial charge in [0, 0.05) is 6.54 Å². The zero-order chi connectivity index (χ0) is 19.9. The molecule has 144 valence electrons. The molecule has 0 spiro atoms. The molecule has 0 saturated carbocycles. The molecule has 0 saturated heterocycles. The lowest BCUT2D eigenvalue weighted by molar-refractivity contribution is -0.274. The first-order valence-corrected chi connectivity index (χ1v) is 7.71. The van der Waals surface area contributed by atoms with Crippen molar-refractivity contribution in [3.8, 4) is 5.75 Å². The molecule has 2 aromatic carbocycles. The van der Waals surface area contributed by atoms with Crippen LogP contribution in [0.25, 0.3) is 0 Å². The van der Waals surface area contributed by atoms with Gasteiger partial charge in [0.05, 0.1) is 17.8 Å². The fourth-order valence-corrected chi connectivity index (χ4v) is 2.05. The van der Waals surface area contributed by atoms with E-state index in [-0.39, 0.29) is 30.3 Å². The summed E-state index contributed by atoms with van der Waals surface area (Å²) in [5.41, 5.74) is 5.49. The topological polar surface area (TPSA) is 88.7 Å². The molecule has 10 heteroatoms. The Labute approximate surface area is 152 Å². The third-order valence-electron chi connectivity index (χ3n) is 3.17. The normalized spacial score (nSPS) is 11.8. The summed E-state index contributed by atoms with van der Waals surface area (Å²) in [6.07, 6.45) is -4.85. The molecule has 0 aromatic heterocycles. The number of aliphatic imine (C=N–C) groups is 1. The van der Waals surface area contributed by atoms with Gasteiger partial charge in [-0.1, -0.05) is 24.3 Å². The van der Waals surface area contributed by atoms with Crippen molar-refractivity contribution in [2.45, 2.75) is 6.36 Å². The van der Waals surface area contributed by atoms with Gasteiger partial charge in [0.15, 0.2) is 11.7 Å². The summed E-state index contributed by atoms with van der Waals surface area (Å²) in [5.74, 6) is -1.90.